The van der Waals surface area contributed by atoms with Crippen LogP contribution in [0, 0.1) is 28.6 Å². The first-order valence-corrected chi connectivity index (χ1v) is 30.3. The van der Waals surface area contributed by atoms with Gasteiger partial charge in [0.15, 0.2) is 5.78 Å². The zero-order valence-corrected chi connectivity index (χ0v) is 56.6. The van der Waals surface area contributed by atoms with Crippen molar-refractivity contribution in [3.05, 3.63) is 35.9 Å². The maximum Gasteiger partial charge on any atom is 0.450 e. The van der Waals surface area contributed by atoms with Crippen LogP contribution < -0.4 is 0 Å². The van der Waals surface area contributed by atoms with Gasteiger partial charge in [-0.05, 0) is 87.5 Å². The molecule has 0 bridgehead atoms. The van der Waals surface area contributed by atoms with Gasteiger partial charge in [0.1, 0.15) is 86.7 Å². The monoisotopic (exact) mass is 1320 g/mol. The number of alkyl halides is 6. The third-order valence-electron chi connectivity index (χ3n) is 13.2. The highest BCUT2D eigenvalue weighted by Gasteiger charge is 2.46. The van der Waals surface area contributed by atoms with Crippen LogP contribution in [-0.4, -0.2) is 116 Å². The second-order valence-corrected chi connectivity index (χ2v) is 24.4. The standard InChI is InChI=1S/C11H18O2.C11H20O2.C10H10O2.C8H12O2.C6H8O2.2C6H10O2.C5H2F6O2.C5H8O2/c1-2-10(12)8-11(13)9-6-4-3-5-7-9;1-10(2,3)8(12)7-9(13)11(4,5)6;1-8(11)7-10(12)9-5-3-2-4-6-9;1-6(9)7-4-2-3-5-8(7)10;7-5-2-1-3-6(8)4-5;1-4(5(2)7)6(3)8;1-3-6(8)4-5(2)7;6-4(7,8)2(12)1-3(13)5(9,10)11;1-4(6)3-5(2)7/h9H,2-8H2,1H3;7H2,1-6H3;2-6H,7H2,1H3;7H,2-5H2,1H3;1-4H2;4H,1-3H3;3-4H2,1-2H3;1H2;3H2,1-2H3. The Balaban J connectivity index is -0.000000311. The van der Waals surface area contributed by atoms with Gasteiger partial charge in [-0.2, -0.15) is 26.3 Å². The minimum atomic E-state index is -5.40. The fourth-order valence-corrected chi connectivity index (χ4v) is 7.19. The lowest BCUT2D eigenvalue weighted by molar-refractivity contribution is -0.182. The first kappa shape index (κ1) is 93.6. The van der Waals surface area contributed by atoms with E-state index in [2.05, 4.69) is 0 Å². The molecule has 1 aromatic rings. The highest BCUT2D eigenvalue weighted by atomic mass is 19.4. The summed E-state index contributed by atoms with van der Waals surface area (Å²) in [6.07, 6.45) is -0.363. The van der Waals surface area contributed by atoms with Crippen molar-refractivity contribution in [2.45, 2.75) is 258 Å². The summed E-state index contributed by atoms with van der Waals surface area (Å²) < 4.78 is 68.0. The van der Waals surface area contributed by atoms with Crippen molar-refractivity contribution < 1.29 is 113 Å². The third kappa shape index (κ3) is 53.5. The maximum absolute atomic E-state index is 11.5. The van der Waals surface area contributed by atoms with Crippen LogP contribution in [0.3, 0.4) is 0 Å². The molecule has 0 aromatic heterocycles. The first-order valence-electron chi connectivity index (χ1n) is 30.3. The zero-order chi connectivity index (χ0) is 73.1. The van der Waals surface area contributed by atoms with Crippen LogP contribution in [0.5, 0.6) is 0 Å². The van der Waals surface area contributed by atoms with E-state index in [1.165, 1.54) is 54.9 Å². The van der Waals surface area contributed by atoms with Gasteiger partial charge in [0.05, 0.1) is 56.8 Å². The Morgan fingerprint density at radius 2 is 0.815 bits per heavy atom. The van der Waals surface area contributed by atoms with Gasteiger partial charge in [-0.3, -0.25) is 86.3 Å². The summed E-state index contributed by atoms with van der Waals surface area (Å²) >= 11 is 0. The van der Waals surface area contributed by atoms with Crippen LogP contribution in [0.25, 0.3) is 0 Å². The summed E-state index contributed by atoms with van der Waals surface area (Å²) in [5, 5.41) is 0. The molecule has 24 heteroatoms. The lowest BCUT2D eigenvalue weighted by atomic mass is 9.82. The minimum Gasteiger partial charge on any atom is -0.300 e. The largest absolute Gasteiger partial charge is 0.450 e. The molecule has 0 saturated heterocycles. The van der Waals surface area contributed by atoms with Gasteiger partial charge in [-0.15, -0.1) is 0 Å². The normalized spacial score (nSPS) is 14.4. The minimum absolute atomic E-state index is 0.00398. The Morgan fingerprint density at radius 1 is 0.446 bits per heavy atom. The van der Waals surface area contributed by atoms with E-state index in [1.807, 2.05) is 54.5 Å². The highest BCUT2D eigenvalue weighted by molar-refractivity contribution is 6.08. The average Bonchev–Trinajstić information content (AvgIpc) is 3.06. The maximum atomic E-state index is 11.5. The molecule has 520 valence electrons. The number of Topliss-reactive ketones (excluding diaryl/α,β-unsaturated/α-hetero) is 18. The number of carbonyl (C=O) groups excluding carboxylic acids is 18. The van der Waals surface area contributed by atoms with Crippen LogP contribution >= 0.6 is 0 Å². The van der Waals surface area contributed by atoms with E-state index in [0.717, 1.165) is 51.4 Å². The molecule has 0 spiro atoms. The second kappa shape index (κ2) is 48.6. The molecule has 3 aliphatic rings. The molecule has 1 unspecified atom stereocenters. The molecule has 0 aliphatic heterocycles. The highest BCUT2D eigenvalue weighted by Crippen LogP contribution is 2.27. The molecule has 0 radical (unpaired) electrons. The molecule has 1 aromatic carbocycles. The number of carbonyl (C=O) groups is 18. The second-order valence-electron chi connectivity index (χ2n) is 24.4. The van der Waals surface area contributed by atoms with E-state index in [0.29, 0.717) is 37.7 Å². The molecular formula is C68H98F6O18. The number of hydrogen-bond acceptors (Lipinski definition) is 18. The summed E-state index contributed by atoms with van der Waals surface area (Å²) in [6, 6.07) is 8.84. The Kier molecular flexibility index (Phi) is 49.4. The summed E-state index contributed by atoms with van der Waals surface area (Å²) in [5.41, 5.74) is -0.199. The van der Waals surface area contributed by atoms with Crippen molar-refractivity contribution in [1.29, 1.82) is 0 Å². The molecule has 92 heavy (non-hydrogen) atoms. The number of benzene rings is 1. The van der Waals surface area contributed by atoms with Crippen molar-refractivity contribution in [3.8, 4) is 0 Å². The van der Waals surface area contributed by atoms with Crippen LogP contribution in [0.2, 0.25) is 0 Å². The Bertz CT molecular complexity index is 2510. The third-order valence-corrected chi connectivity index (χ3v) is 13.2. The van der Waals surface area contributed by atoms with E-state index in [4.69, 9.17) is 0 Å². The summed E-state index contributed by atoms with van der Waals surface area (Å²) in [5.74, 6) is -5.58. The lowest BCUT2D eigenvalue weighted by Crippen LogP contribution is -2.31. The summed E-state index contributed by atoms with van der Waals surface area (Å²) in [4.78, 5) is 191. The number of ketones is 18. The molecule has 3 saturated carbocycles. The van der Waals surface area contributed by atoms with Crippen LogP contribution in [0.4, 0.5) is 26.3 Å². The van der Waals surface area contributed by atoms with E-state index >= 15 is 0 Å². The van der Waals surface area contributed by atoms with E-state index < -0.39 is 47.1 Å². The summed E-state index contributed by atoms with van der Waals surface area (Å²) in [7, 11) is 0. The predicted octanol–water partition coefficient (Wildman–Crippen LogP) is 12.9. The van der Waals surface area contributed by atoms with Gasteiger partial charge >= 0.3 is 12.4 Å². The van der Waals surface area contributed by atoms with Gasteiger partial charge < -0.3 is 0 Å². The average molecular weight is 1320 g/mol. The van der Waals surface area contributed by atoms with Gasteiger partial charge in [-0.1, -0.05) is 111 Å². The molecule has 0 amide bonds. The first-order chi connectivity index (χ1) is 41.9. The van der Waals surface area contributed by atoms with Crippen molar-refractivity contribution in [2.24, 2.45) is 28.6 Å². The van der Waals surface area contributed by atoms with Gasteiger partial charge in [-0.25, -0.2) is 0 Å². The molecule has 1 atom stereocenters. The van der Waals surface area contributed by atoms with Crippen LogP contribution in [-0.2, 0) is 81.5 Å². The zero-order valence-electron chi connectivity index (χ0n) is 56.6. The Labute approximate surface area is 537 Å². The van der Waals surface area contributed by atoms with Crippen molar-refractivity contribution in [3.63, 3.8) is 0 Å². The topological polar surface area (TPSA) is 307 Å². The SMILES string of the molecule is CC(=O)C(C)C(C)=O.CC(=O)C1CCCCC1=O.CC(=O)CC(=O)c1ccccc1.CC(=O)CC(C)=O.CC(C)(C)C(=O)CC(=O)C(C)(C)C.CCC(=O)CC(=O)C1CCCCC1.CCC(=O)CC(C)=O.O=C(CC(=O)C(F)(F)F)C(F)(F)F.O=C1CCCC(=O)C1. The molecule has 3 fully saturated rings. The van der Waals surface area contributed by atoms with E-state index in [1.54, 1.807) is 38.1 Å². The Hall–Kier alpha value is -7.14. The molecule has 3 aliphatic carbocycles. The smallest absolute Gasteiger partial charge is 0.300 e. The number of halogens is 6. The molecule has 0 N–H and O–H groups in total. The lowest BCUT2D eigenvalue weighted by Gasteiger charge is -2.20. The predicted molar refractivity (Wildman–Crippen MR) is 331 cm³/mol. The van der Waals surface area contributed by atoms with Crippen LogP contribution in [0.15, 0.2) is 30.3 Å². The van der Waals surface area contributed by atoms with Crippen LogP contribution in [0.1, 0.15) is 256 Å². The molecule has 0 heterocycles. The number of rotatable bonds is 19. The van der Waals surface area contributed by atoms with E-state index in [9.17, 15) is 113 Å². The Morgan fingerprint density at radius 3 is 1.08 bits per heavy atom. The fourth-order valence-electron chi connectivity index (χ4n) is 7.19. The molecule has 4 rings (SSSR count). The van der Waals surface area contributed by atoms with Crippen molar-refractivity contribution in [2.75, 3.05) is 0 Å². The van der Waals surface area contributed by atoms with Crippen molar-refractivity contribution >= 4 is 104 Å². The molecular weight excluding hydrogens is 1220 g/mol. The quantitative estimate of drug-likeness (QED) is 0.0706. The summed E-state index contributed by atoms with van der Waals surface area (Å²) in [6.45, 7) is 26.2. The van der Waals surface area contributed by atoms with Gasteiger partial charge in [0.25, 0.3) is 0 Å². The fraction of sp³-hybridized carbons (Fsp3) is 0.647. The van der Waals surface area contributed by atoms with Gasteiger partial charge in [0, 0.05) is 54.4 Å². The number of hydrogen-bond donors (Lipinski definition) is 0. The van der Waals surface area contributed by atoms with Gasteiger partial charge in [0.2, 0.25) is 11.6 Å². The van der Waals surface area contributed by atoms with E-state index in [-0.39, 0.29) is 143 Å². The molecule has 18 nitrogen and oxygen atoms in total. The van der Waals surface area contributed by atoms with Crippen molar-refractivity contribution in [1.82, 2.24) is 0 Å².